The summed E-state index contributed by atoms with van der Waals surface area (Å²) < 4.78 is 6.65. The van der Waals surface area contributed by atoms with Crippen LogP contribution in [-0.4, -0.2) is 20.7 Å². The number of nitrogens with two attached hydrogens (primary N) is 1. The molecular formula is C8H8N4O2. The van der Waals surface area contributed by atoms with Crippen LogP contribution < -0.4 is 5.73 Å². The van der Waals surface area contributed by atoms with Crippen LogP contribution in [0.1, 0.15) is 10.5 Å². The summed E-state index contributed by atoms with van der Waals surface area (Å²) in [5.74, 6) is -0.324. The van der Waals surface area contributed by atoms with Crippen molar-refractivity contribution in [3.8, 4) is 11.6 Å². The number of aryl methyl sites for hydroxylation is 1. The van der Waals surface area contributed by atoms with Crippen molar-refractivity contribution in [3.05, 3.63) is 24.2 Å². The molecular weight excluding hydrogens is 184 g/mol. The number of carbonyl (C=O) groups excluding carboxylic acids is 1. The molecule has 2 heterocycles. The van der Waals surface area contributed by atoms with Crippen molar-refractivity contribution < 1.29 is 9.21 Å². The molecule has 6 nitrogen and oxygen atoms in total. The first kappa shape index (κ1) is 8.49. The van der Waals surface area contributed by atoms with E-state index in [0.29, 0.717) is 11.6 Å². The third-order valence-electron chi connectivity index (χ3n) is 1.69. The minimum Gasteiger partial charge on any atom is -0.442 e. The number of primary amides is 1. The largest absolute Gasteiger partial charge is 0.442 e. The number of amides is 1. The Morgan fingerprint density at radius 2 is 2.43 bits per heavy atom. The standard InChI is InChI=1S/C8H8N4O2/c1-12-3-2-5(11-12)8-10-6(4-14-8)7(9)13/h2-4H,1H3,(H2,9,13). The van der Waals surface area contributed by atoms with Gasteiger partial charge in [-0.05, 0) is 6.07 Å². The zero-order valence-electron chi connectivity index (χ0n) is 7.47. The average Bonchev–Trinajstić information content (AvgIpc) is 2.70. The van der Waals surface area contributed by atoms with Crippen molar-refractivity contribution in [2.24, 2.45) is 12.8 Å². The van der Waals surface area contributed by atoms with Crippen LogP contribution in [0.25, 0.3) is 11.6 Å². The van der Waals surface area contributed by atoms with Crippen LogP contribution in [0.15, 0.2) is 22.9 Å². The van der Waals surface area contributed by atoms with Crippen molar-refractivity contribution in [2.45, 2.75) is 0 Å². The number of rotatable bonds is 2. The molecule has 0 atom stereocenters. The molecule has 0 bridgehead atoms. The van der Waals surface area contributed by atoms with Crippen LogP contribution in [0, 0.1) is 0 Å². The summed E-state index contributed by atoms with van der Waals surface area (Å²) in [7, 11) is 1.78. The van der Waals surface area contributed by atoms with Crippen molar-refractivity contribution in [1.29, 1.82) is 0 Å². The molecule has 0 spiro atoms. The van der Waals surface area contributed by atoms with E-state index in [1.165, 1.54) is 6.26 Å². The molecule has 0 aliphatic heterocycles. The first-order chi connectivity index (χ1) is 6.66. The Morgan fingerprint density at radius 1 is 1.64 bits per heavy atom. The lowest BCUT2D eigenvalue weighted by molar-refractivity contribution is 0.0995. The van der Waals surface area contributed by atoms with Gasteiger partial charge in [-0.25, -0.2) is 4.98 Å². The zero-order chi connectivity index (χ0) is 10.1. The molecule has 0 saturated heterocycles. The molecule has 0 aromatic carbocycles. The van der Waals surface area contributed by atoms with E-state index in [0.717, 1.165) is 0 Å². The van der Waals surface area contributed by atoms with Crippen molar-refractivity contribution >= 4 is 5.91 Å². The molecule has 0 fully saturated rings. The molecule has 0 aliphatic rings. The van der Waals surface area contributed by atoms with Crippen molar-refractivity contribution in [3.63, 3.8) is 0 Å². The minimum atomic E-state index is -0.615. The summed E-state index contributed by atoms with van der Waals surface area (Å²) >= 11 is 0. The Kier molecular flexibility index (Phi) is 1.81. The number of hydrogen-bond acceptors (Lipinski definition) is 4. The molecule has 2 rings (SSSR count). The van der Waals surface area contributed by atoms with E-state index < -0.39 is 5.91 Å². The van der Waals surface area contributed by atoms with Crippen molar-refractivity contribution in [2.75, 3.05) is 0 Å². The molecule has 6 heteroatoms. The third-order valence-corrected chi connectivity index (χ3v) is 1.69. The fraction of sp³-hybridized carbons (Fsp3) is 0.125. The van der Waals surface area contributed by atoms with Crippen LogP contribution >= 0.6 is 0 Å². The highest BCUT2D eigenvalue weighted by atomic mass is 16.3. The predicted octanol–water partition coefficient (Wildman–Crippen LogP) is 0.174. The van der Waals surface area contributed by atoms with Crippen LogP contribution in [0.2, 0.25) is 0 Å². The predicted molar refractivity (Wildman–Crippen MR) is 47.2 cm³/mol. The lowest BCUT2D eigenvalue weighted by Gasteiger charge is -1.86. The van der Waals surface area contributed by atoms with E-state index in [4.69, 9.17) is 10.2 Å². The highest BCUT2D eigenvalue weighted by Crippen LogP contribution is 2.15. The lowest BCUT2D eigenvalue weighted by Crippen LogP contribution is -2.10. The average molecular weight is 192 g/mol. The summed E-state index contributed by atoms with van der Waals surface area (Å²) in [4.78, 5) is 14.6. The van der Waals surface area contributed by atoms with Gasteiger partial charge in [0.15, 0.2) is 5.69 Å². The van der Waals surface area contributed by atoms with E-state index >= 15 is 0 Å². The topological polar surface area (TPSA) is 86.9 Å². The summed E-state index contributed by atoms with van der Waals surface area (Å²) in [6, 6.07) is 1.73. The van der Waals surface area contributed by atoms with E-state index in [1.807, 2.05) is 0 Å². The molecule has 0 saturated carbocycles. The van der Waals surface area contributed by atoms with Gasteiger partial charge in [0.2, 0.25) is 5.89 Å². The van der Waals surface area contributed by atoms with Crippen LogP contribution in [0.5, 0.6) is 0 Å². The van der Waals surface area contributed by atoms with E-state index in [9.17, 15) is 4.79 Å². The van der Waals surface area contributed by atoms with Gasteiger partial charge in [0.25, 0.3) is 5.91 Å². The summed E-state index contributed by atoms with van der Waals surface area (Å²) in [6.07, 6.45) is 2.97. The Bertz CT molecular complexity index is 471. The normalized spacial score (nSPS) is 10.4. The van der Waals surface area contributed by atoms with E-state index in [2.05, 4.69) is 10.1 Å². The van der Waals surface area contributed by atoms with E-state index in [1.54, 1.807) is 24.0 Å². The van der Waals surface area contributed by atoms with Crippen LogP contribution in [0.3, 0.4) is 0 Å². The molecule has 0 unspecified atom stereocenters. The van der Waals surface area contributed by atoms with Gasteiger partial charge in [0.05, 0.1) is 0 Å². The summed E-state index contributed by atoms with van der Waals surface area (Å²) in [5, 5.41) is 4.06. The number of hydrogen-bond donors (Lipinski definition) is 1. The Labute approximate surface area is 79.3 Å². The van der Waals surface area contributed by atoms with Gasteiger partial charge in [-0.1, -0.05) is 0 Å². The third kappa shape index (κ3) is 1.37. The Morgan fingerprint density at radius 3 is 2.93 bits per heavy atom. The SMILES string of the molecule is Cn1ccc(-c2nc(C(N)=O)co2)n1. The smallest absolute Gasteiger partial charge is 0.270 e. The fourth-order valence-corrected chi connectivity index (χ4v) is 1.03. The van der Waals surface area contributed by atoms with Gasteiger partial charge >= 0.3 is 0 Å². The highest BCUT2D eigenvalue weighted by molar-refractivity contribution is 5.90. The first-order valence-corrected chi connectivity index (χ1v) is 3.92. The number of oxazole rings is 1. The molecule has 0 aliphatic carbocycles. The monoisotopic (exact) mass is 192 g/mol. The molecule has 2 aromatic heterocycles. The Balaban J connectivity index is 2.38. The second kappa shape index (κ2) is 2.99. The number of carbonyl (C=O) groups is 1. The molecule has 72 valence electrons. The minimum absolute atomic E-state index is 0.102. The van der Waals surface area contributed by atoms with Gasteiger partial charge in [-0.15, -0.1) is 0 Å². The van der Waals surface area contributed by atoms with Gasteiger partial charge in [0, 0.05) is 13.2 Å². The quantitative estimate of drug-likeness (QED) is 0.734. The van der Waals surface area contributed by atoms with Gasteiger partial charge in [-0.3, -0.25) is 9.48 Å². The van der Waals surface area contributed by atoms with Gasteiger partial charge in [0.1, 0.15) is 12.0 Å². The highest BCUT2D eigenvalue weighted by Gasteiger charge is 2.11. The molecule has 0 radical (unpaired) electrons. The summed E-state index contributed by atoms with van der Waals surface area (Å²) in [5.41, 5.74) is 5.70. The zero-order valence-corrected chi connectivity index (χ0v) is 7.47. The summed E-state index contributed by atoms with van der Waals surface area (Å²) in [6.45, 7) is 0. The van der Waals surface area contributed by atoms with E-state index in [-0.39, 0.29) is 5.69 Å². The number of nitrogens with zero attached hydrogens (tertiary/aromatic N) is 3. The second-order valence-electron chi connectivity index (χ2n) is 2.78. The van der Waals surface area contributed by atoms with Gasteiger partial charge in [-0.2, -0.15) is 5.10 Å². The second-order valence-corrected chi connectivity index (χ2v) is 2.78. The van der Waals surface area contributed by atoms with Crippen LogP contribution in [-0.2, 0) is 7.05 Å². The maximum atomic E-state index is 10.7. The van der Waals surface area contributed by atoms with Gasteiger partial charge < -0.3 is 10.2 Å². The molecule has 2 aromatic rings. The molecule has 1 amide bonds. The first-order valence-electron chi connectivity index (χ1n) is 3.92. The maximum Gasteiger partial charge on any atom is 0.270 e. The maximum absolute atomic E-state index is 10.7. The van der Waals surface area contributed by atoms with Crippen LogP contribution in [0.4, 0.5) is 0 Å². The number of aromatic nitrogens is 3. The lowest BCUT2D eigenvalue weighted by atomic mass is 10.4. The van der Waals surface area contributed by atoms with Crippen molar-refractivity contribution in [1.82, 2.24) is 14.8 Å². The fourth-order valence-electron chi connectivity index (χ4n) is 1.03. The molecule has 14 heavy (non-hydrogen) atoms. The Hall–Kier alpha value is -2.11. The molecule has 2 N–H and O–H groups in total.